The van der Waals surface area contributed by atoms with Crippen molar-refractivity contribution in [3.63, 3.8) is 0 Å². The second kappa shape index (κ2) is 6.54. The van der Waals surface area contributed by atoms with E-state index in [9.17, 15) is 14.4 Å². The van der Waals surface area contributed by atoms with Gasteiger partial charge < -0.3 is 15.3 Å². The van der Waals surface area contributed by atoms with Crippen molar-refractivity contribution < 1.29 is 4.79 Å². The third kappa shape index (κ3) is 3.27. The fourth-order valence-electron chi connectivity index (χ4n) is 2.50. The molecule has 24 heavy (non-hydrogen) atoms. The Morgan fingerprint density at radius 1 is 1.00 bits per heavy atom. The summed E-state index contributed by atoms with van der Waals surface area (Å²) < 4.78 is 0. The maximum atomic E-state index is 12.3. The number of aromatic nitrogens is 2. The van der Waals surface area contributed by atoms with E-state index in [1.807, 2.05) is 37.3 Å². The highest BCUT2D eigenvalue weighted by atomic mass is 16.2. The molecule has 1 amide bonds. The molecule has 3 N–H and O–H groups in total. The van der Waals surface area contributed by atoms with Gasteiger partial charge in [-0.1, -0.05) is 37.3 Å². The number of hydrogen-bond acceptors (Lipinski definition) is 3. The third-order valence-electron chi connectivity index (χ3n) is 3.92. The number of fused-ring (bicyclic) bond motifs is 1. The van der Waals surface area contributed by atoms with Crippen molar-refractivity contribution in [3.05, 3.63) is 80.4 Å². The Balaban J connectivity index is 1.75. The fraction of sp³-hybridized carbons (Fsp3) is 0.167. The molecule has 2 aromatic carbocycles. The number of carbonyl (C=O) groups excluding carboxylic acids is 1. The van der Waals surface area contributed by atoms with Crippen LogP contribution in [0.1, 0.15) is 28.8 Å². The first-order valence-electron chi connectivity index (χ1n) is 7.64. The second-order valence-electron chi connectivity index (χ2n) is 5.69. The van der Waals surface area contributed by atoms with Gasteiger partial charge in [-0.2, -0.15) is 0 Å². The molecule has 0 aliphatic heterocycles. The fourth-order valence-corrected chi connectivity index (χ4v) is 2.50. The maximum Gasteiger partial charge on any atom is 0.314 e. The highest BCUT2D eigenvalue weighted by Crippen LogP contribution is 2.14. The Bertz CT molecular complexity index is 990. The van der Waals surface area contributed by atoms with Crippen molar-refractivity contribution in [2.45, 2.75) is 12.8 Å². The lowest BCUT2D eigenvalue weighted by Crippen LogP contribution is -2.29. The number of carbonyl (C=O) groups is 1. The molecule has 1 heterocycles. The minimum absolute atomic E-state index is 0.187. The van der Waals surface area contributed by atoms with Crippen molar-refractivity contribution in [1.82, 2.24) is 15.3 Å². The Hall–Kier alpha value is -3.15. The number of aromatic amines is 2. The van der Waals surface area contributed by atoms with Crippen LogP contribution >= 0.6 is 0 Å². The summed E-state index contributed by atoms with van der Waals surface area (Å²) >= 11 is 0. The van der Waals surface area contributed by atoms with E-state index in [0.29, 0.717) is 23.1 Å². The van der Waals surface area contributed by atoms with Gasteiger partial charge in [0.1, 0.15) is 0 Å². The summed E-state index contributed by atoms with van der Waals surface area (Å²) in [5.41, 5.74) is 1.02. The quantitative estimate of drug-likeness (QED) is 0.638. The van der Waals surface area contributed by atoms with Gasteiger partial charge in [0.25, 0.3) is 5.91 Å². The maximum absolute atomic E-state index is 12.3. The summed E-state index contributed by atoms with van der Waals surface area (Å²) in [4.78, 5) is 39.9. The van der Waals surface area contributed by atoms with Crippen molar-refractivity contribution in [1.29, 1.82) is 0 Å². The van der Waals surface area contributed by atoms with Crippen LogP contribution in [0.4, 0.5) is 0 Å². The molecule has 0 unspecified atom stereocenters. The lowest BCUT2D eigenvalue weighted by atomic mass is 10.0. The zero-order valence-corrected chi connectivity index (χ0v) is 13.1. The summed E-state index contributed by atoms with van der Waals surface area (Å²) in [6.07, 6.45) is 0. The molecular weight excluding hydrogens is 306 g/mol. The zero-order valence-electron chi connectivity index (χ0n) is 13.1. The third-order valence-corrected chi connectivity index (χ3v) is 3.92. The van der Waals surface area contributed by atoms with Crippen LogP contribution in [0.25, 0.3) is 11.0 Å². The minimum atomic E-state index is -0.738. The summed E-state index contributed by atoms with van der Waals surface area (Å²) in [6, 6.07) is 14.7. The van der Waals surface area contributed by atoms with Crippen LogP contribution in [0, 0.1) is 0 Å². The number of amides is 1. The average molecular weight is 323 g/mol. The van der Waals surface area contributed by atoms with Gasteiger partial charge in [-0.15, -0.1) is 0 Å². The standard InChI is InChI=1S/C18H17N3O3/c1-11(12-5-3-2-4-6-12)10-19-16(22)13-7-8-14-15(9-13)21-18(24)17(23)20-14/h2-9,11H,10H2,1H3,(H,19,22)(H,20,23)(H,21,24)/t11-/m1/s1. The molecule has 1 atom stereocenters. The van der Waals surface area contributed by atoms with Crippen LogP contribution in [0.3, 0.4) is 0 Å². The Labute approximate surface area is 137 Å². The molecule has 0 aliphatic rings. The predicted octanol–water partition coefficient (Wildman–Crippen LogP) is 1.75. The summed E-state index contributed by atoms with van der Waals surface area (Å²) in [5, 5.41) is 2.89. The van der Waals surface area contributed by atoms with Crippen molar-refractivity contribution in [2.24, 2.45) is 0 Å². The lowest BCUT2D eigenvalue weighted by molar-refractivity contribution is 0.0952. The van der Waals surface area contributed by atoms with E-state index in [0.717, 1.165) is 5.56 Å². The number of nitrogens with one attached hydrogen (secondary N) is 3. The monoisotopic (exact) mass is 323 g/mol. The first-order chi connectivity index (χ1) is 11.5. The van der Waals surface area contributed by atoms with Gasteiger partial charge in [-0.25, -0.2) is 0 Å². The SMILES string of the molecule is C[C@H](CNC(=O)c1ccc2[nH]c(=O)c(=O)[nH]c2c1)c1ccccc1. The molecule has 0 bridgehead atoms. The van der Waals surface area contributed by atoms with Gasteiger partial charge in [-0.05, 0) is 29.7 Å². The largest absolute Gasteiger partial charge is 0.351 e. The molecule has 6 heteroatoms. The Kier molecular flexibility index (Phi) is 4.29. The van der Waals surface area contributed by atoms with E-state index in [4.69, 9.17) is 0 Å². The highest BCUT2D eigenvalue weighted by molar-refractivity contribution is 5.97. The molecule has 6 nitrogen and oxygen atoms in total. The number of hydrogen-bond donors (Lipinski definition) is 3. The van der Waals surface area contributed by atoms with E-state index in [1.165, 1.54) is 0 Å². The van der Waals surface area contributed by atoms with Crippen LogP contribution in [-0.4, -0.2) is 22.4 Å². The van der Waals surface area contributed by atoms with E-state index < -0.39 is 11.1 Å². The average Bonchev–Trinajstić information content (AvgIpc) is 2.60. The molecule has 1 aromatic heterocycles. The summed E-state index contributed by atoms with van der Waals surface area (Å²) in [6.45, 7) is 2.54. The first kappa shape index (κ1) is 15.7. The van der Waals surface area contributed by atoms with Gasteiger partial charge in [0.05, 0.1) is 11.0 Å². The Morgan fingerprint density at radius 3 is 2.38 bits per heavy atom. The second-order valence-corrected chi connectivity index (χ2v) is 5.69. The molecule has 3 aromatic rings. The van der Waals surface area contributed by atoms with E-state index in [-0.39, 0.29) is 11.8 Å². The van der Waals surface area contributed by atoms with E-state index in [1.54, 1.807) is 18.2 Å². The number of rotatable bonds is 4. The molecule has 0 spiro atoms. The van der Waals surface area contributed by atoms with Crippen LogP contribution in [0.5, 0.6) is 0 Å². The normalized spacial score (nSPS) is 12.0. The minimum Gasteiger partial charge on any atom is -0.351 e. The van der Waals surface area contributed by atoms with Crippen LogP contribution in [0.15, 0.2) is 58.1 Å². The summed E-state index contributed by atoms with van der Waals surface area (Å²) in [7, 11) is 0. The first-order valence-corrected chi connectivity index (χ1v) is 7.64. The Morgan fingerprint density at radius 2 is 1.67 bits per heavy atom. The lowest BCUT2D eigenvalue weighted by Gasteiger charge is -2.13. The molecule has 3 rings (SSSR count). The molecule has 122 valence electrons. The highest BCUT2D eigenvalue weighted by Gasteiger charge is 2.10. The summed E-state index contributed by atoms with van der Waals surface area (Å²) in [5.74, 6) is -0.0431. The van der Waals surface area contributed by atoms with Crippen molar-refractivity contribution in [3.8, 4) is 0 Å². The predicted molar refractivity (Wildman–Crippen MR) is 92.4 cm³/mol. The smallest absolute Gasteiger partial charge is 0.314 e. The molecule has 0 aliphatic carbocycles. The van der Waals surface area contributed by atoms with Gasteiger partial charge in [0.15, 0.2) is 0 Å². The van der Waals surface area contributed by atoms with Crippen LogP contribution in [0.2, 0.25) is 0 Å². The topological polar surface area (TPSA) is 94.8 Å². The number of H-pyrrole nitrogens is 2. The van der Waals surface area contributed by atoms with Crippen molar-refractivity contribution in [2.75, 3.05) is 6.54 Å². The molecular formula is C18H17N3O3. The van der Waals surface area contributed by atoms with Gasteiger partial charge in [0, 0.05) is 12.1 Å². The van der Waals surface area contributed by atoms with Crippen LogP contribution < -0.4 is 16.4 Å². The van der Waals surface area contributed by atoms with Crippen molar-refractivity contribution >= 4 is 16.9 Å². The molecule has 0 radical (unpaired) electrons. The van der Waals surface area contributed by atoms with Gasteiger partial charge >= 0.3 is 11.1 Å². The number of benzene rings is 2. The van der Waals surface area contributed by atoms with E-state index in [2.05, 4.69) is 15.3 Å². The molecule has 0 saturated heterocycles. The van der Waals surface area contributed by atoms with Crippen LogP contribution in [-0.2, 0) is 0 Å². The van der Waals surface area contributed by atoms with E-state index >= 15 is 0 Å². The zero-order chi connectivity index (χ0) is 17.1. The molecule has 0 fully saturated rings. The van der Waals surface area contributed by atoms with Gasteiger partial charge in [0.2, 0.25) is 0 Å². The molecule has 0 saturated carbocycles. The van der Waals surface area contributed by atoms with Gasteiger partial charge in [-0.3, -0.25) is 14.4 Å².